The summed E-state index contributed by atoms with van der Waals surface area (Å²) >= 11 is 0. The molecule has 9 heteroatoms. The number of benzene rings is 3. The standard InChI is InChI=1S/C34H40F2N4O3/c1-3-5-9-40-10-11-43-33-17-26(19-37)15-29(30(33)22-40)34(42)39-31(16-25-13-27(35)18-28(36)14-25)32(41)21-38-20-24-8-6-7-23(4-2)12-24/h6-8,12-15,17-18,31-32,38,41H,3-5,9-11,16,20-22H2,1-2H3,(H,39,42)/t31-,32+/m0/s1. The highest BCUT2D eigenvalue weighted by molar-refractivity contribution is 5.97. The van der Waals surface area contributed by atoms with Crippen molar-refractivity contribution in [3.63, 3.8) is 0 Å². The number of halogens is 2. The molecule has 43 heavy (non-hydrogen) atoms. The Kier molecular flexibility index (Phi) is 11.6. The summed E-state index contributed by atoms with van der Waals surface area (Å²) in [5, 5.41) is 27.1. The average molecular weight is 591 g/mol. The number of hydrogen-bond acceptors (Lipinski definition) is 6. The van der Waals surface area contributed by atoms with Crippen molar-refractivity contribution < 1.29 is 23.4 Å². The van der Waals surface area contributed by atoms with Crippen LogP contribution in [0, 0.1) is 23.0 Å². The zero-order chi connectivity index (χ0) is 30.8. The van der Waals surface area contributed by atoms with Gasteiger partial charge in [0.2, 0.25) is 0 Å². The van der Waals surface area contributed by atoms with Gasteiger partial charge in [-0.15, -0.1) is 0 Å². The van der Waals surface area contributed by atoms with Gasteiger partial charge in [-0.1, -0.05) is 44.5 Å². The van der Waals surface area contributed by atoms with Gasteiger partial charge >= 0.3 is 0 Å². The highest BCUT2D eigenvalue weighted by Crippen LogP contribution is 2.29. The summed E-state index contributed by atoms with van der Waals surface area (Å²) in [5.74, 6) is -1.48. The van der Waals surface area contributed by atoms with Gasteiger partial charge in [-0.25, -0.2) is 8.78 Å². The second-order valence-electron chi connectivity index (χ2n) is 11.0. The van der Waals surface area contributed by atoms with E-state index in [0.29, 0.717) is 43.1 Å². The lowest BCUT2D eigenvalue weighted by atomic mass is 9.98. The van der Waals surface area contributed by atoms with Crippen LogP contribution >= 0.6 is 0 Å². The van der Waals surface area contributed by atoms with Crippen LogP contribution in [0.5, 0.6) is 5.75 Å². The van der Waals surface area contributed by atoms with E-state index < -0.39 is 29.7 Å². The quantitative estimate of drug-likeness (QED) is 0.263. The predicted molar refractivity (Wildman–Crippen MR) is 162 cm³/mol. The maximum Gasteiger partial charge on any atom is 0.252 e. The minimum atomic E-state index is -1.08. The van der Waals surface area contributed by atoms with Crippen LogP contribution in [0.25, 0.3) is 0 Å². The van der Waals surface area contributed by atoms with Crippen LogP contribution < -0.4 is 15.4 Å². The monoisotopic (exact) mass is 590 g/mol. The lowest BCUT2D eigenvalue weighted by Gasteiger charge is -2.26. The second-order valence-corrected chi connectivity index (χ2v) is 11.0. The summed E-state index contributed by atoms with van der Waals surface area (Å²) in [6, 6.07) is 15.7. The molecular weight excluding hydrogens is 550 g/mol. The number of nitrogens with one attached hydrogen (secondary N) is 2. The maximum atomic E-state index is 14.0. The van der Waals surface area contributed by atoms with Gasteiger partial charge < -0.3 is 20.5 Å². The van der Waals surface area contributed by atoms with Crippen molar-refractivity contribution in [1.82, 2.24) is 15.5 Å². The highest BCUT2D eigenvalue weighted by atomic mass is 19.1. The lowest BCUT2D eigenvalue weighted by molar-refractivity contribution is 0.0828. The molecule has 2 atom stereocenters. The number of amides is 1. The fourth-order valence-corrected chi connectivity index (χ4v) is 5.34. The smallest absolute Gasteiger partial charge is 0.252 e. The number of rotatable bonds is 13. The molecule has 3 aromatic rings. The Labute approximate surface area is 252 Å². The number of aliphatic hydroxyl groups excluding tert-OH is 1. The average Bonchev–Trinajstić information content (AvgIpc) is 3.20. The number of carbonyl (C=O) groups is 1. The minimum Gasteiger partial charge on any atom is -0.492 e. The molecule has 1 amide bonds. The van der Waals surface area contributed by atoms with Crippen molar-refractivity contribution in [2.45, 2.75) is 64.8 Å². The highest BCUT2D eigenvalue weighted by Gasteiger charge is 2.27. The zero-order valence-electron chi connectivity index (χ0n) is 24.8. The Hall–Kier alpha value is -3.84. The van der Waals surface area contributed by atoms with E-state index in [-0.39, 0.29) is 24.1 Å². The number of ether oxygens (including phenoxy) is 1. The number of unbranched alkanes of at least 4 members (excludes halogenated alkanes) is 1. The molecule has 1 heterocycles. The molecule has 0 spiro atoms. The van der Waals surface area contributed by atoms with E-state index in [9.17, 15) is 23.9 Å². The van der Waals surface area contributed by atoms with Crippen LogP contribution in [0.3, 0.4) is 0 Å². The van der Waals surface area contributed by atoms with E-state index in [2.05, 4.69) is 47.6 Å². The Bertz CT molecular complexity index is 1420. The number of nitrogens with zero attached hydrogens (tertiary/aromatic N) is 2. The number of fused-ring (bicyclic) bond motifs is 1. The van der Waals surface area contributed by atoms with Gasteiger partial charge in [0.15, 0.2) is 0 Å². The summed E-state index contributed by atoms with van der Waals surface area (Å²) in [7, 11) is 0. The molecule has 0 radical (unpaired) electrons. The van der Waals surface area contributed by atoms with Crippen molar-refractivity contribution in [1.29, 1.82) is 5.26 Å². The largest absolute Gasteiger partial charge is 0.492 e. The van der Waals surface area contributed by atoms with Gasteiger partial charge in [-0.05, 0) is 66.8 Å². The molecule has 0 bridgehead atoms. The van der Waals surface area contributed by atoms with Crippen molar-refractivity contribution in [3.05, 3.63) is 99.6 Å². The molecule has 0 aliphatic carbocycles. The van der Waals surface area contributed by atoms with Crippen LogP contribution in [0.4, 0.5) is 8.78 Å². The van der Waals surface area contributed by atoms with Crippen molar-refractivity contribution in [2.75, 3.05) is 26.2 Å². The van der Waals surface area contributed by atoms with Gasteiger partial charge in [0.25, 0.3) is 5.91 Å². The van der Waals surface area contributed by atoms with E-state index in [1.165, 1.54) is 23.8 Å². The number of aliphatic hydroxyl groups is 1. The van der Waals surface area contributed by atoms with Gasteiger partial charge in [0.1, 0.15) is 24.0 Å². The Morgan fingerprint density at radius 3 is 2.58 bits per heavy atom. The minimum absolute atomic E-state index is 0.00611. The Balaban J connectivity index is 1.57. The molecule has 1 aliphatic heterocycles. The third-order valence-electron chi connectivity index (χ3n) is 7.70. The molecule has 3 N–H and O–H groups in total. The van der Waals surface area contributed by atoms with E-state index in [0.717, 1.165) is 37.4 Å². The first-order valence-electron chi connectivity index (χ1n) is 14.9. The summed E-state index contributed by atoms with van der Waals surface area (Å²) in [5.41, 5.74) is 3.80. The first-order valence-corrected chi connectivity index (χ1v) is 14.9. The molecular formula is C34H40F2N4O3. The SMILES string of the molecule is CCCCN1CCOc2cc(C#N)cc(C(=O)N[C@@H](Cc3cc(F)cc(F)c3)[C@H](O)CNCc3cccc(CC)c3)c2C1. The van der Waals surface area contributed by atoms with Crippen molar-refractivity contribution >= 4 is 5.91 Å². The summed E-state index contributed by atoms with van der Waals surface area (Å²) < 4.78 is 34.0. The van der Waals surface area contributed by atoms with Crippen LogP contribution in [0.15, 0.2) is 54.6 Å². The molecule has 3 aromatic carbocycles. The molecule has 0 saturated heterocycles. The molecule has 0 aromatic heterocycles. The van der Waals surface area contributed by atoms with Gasteiger partial charge in [0, 0.05) is 43.4 Å². The first kappa shape index (κ1) is 32.1. The summed E-state index contributed by atoms with van der Waals surface area (Å²) in [6.07, 6.45) is 1.85. The van der Waals surface area contributed by atoms with Crippen LogP contribution in [0.2, 0.25) is 0 Å². The number of nitriles is 1. The summed E-state index contributed by atoms with van der Waals surface area (Å²) in [6.45, 7) is 7.28. The normalized spacial score (nSPS) is 14.6. The van der Waals surface area contributed by atoms with Gasteiger partial charge in [-0.3, -0.25) is 9.69 Å². The fourth-order valence-electron chi connectivity index (χ4n) is 5.34. The molecule has 7 nitrogen and oxygen atoms in total. The van der Waals surface area contributed by atoms with Crippen LogP contribution in [-0.2, 0) is 25.9 Å². The molecule has 0 saturated carbocycles. The fraction of sp³-hybridized carbons (Fsp3) is 0.412. The molecule has 0 fully saturated rings. The molecule has 0 unspecified atom stereocenters. The van der Waals surface area contributed by atoms with Gasteiger partial charge in [0.05, 0.1) is 23.8 Å². The topological polar surface area (TPSA) is 97.6 Å². The zero-order valence-corrected chi connectivity index (χ0v) is 24.8. The third-order valence-corrected chi connectivity index (χ3v) is 7.70. The van der Waals surface area contributed by atoms with E-state index in [1.54, 1.807) is 6.07 Å². The third kappa shape index (κ3) is 9.07. The Morgan fingerprint density at radius 2 is 1.86 bits per heavy atom. The van der Waals surface area contributed by atoms with Gasteiger partial charge in [-0.2, -0.15) is 5.26 Å². The second kappa shape index (κ2) is 15.6. The lowest BCUT2D eigenvalue weighted by Crippen LogP contribution is -2.49. The van der Waals surface area contributed by atoms with Crippen molar-refractivity contribution in [2.24, 2.45) is 0 Å². The molecule has 4 rings (SSSR count). The Morgan fingerprint density at radius 1 is 1.09 bits per heavy atom. The maximum absolute atomic E-state index is 14.0. The van der Waals surface area contributed by atoms with E-state index in [4.69, 9.17) is 4.74 Å². The van der Waals surface area contributed by atoms with Crippen LogP contribution in [0.1, 0.15) is 64.9 Å². The predicted octanol–water partition coefficient (Wildman–Crippen LogP) is 4.89. The van der Waals surface area contributed by atoms with Crippen LogP contribution in [-0.4, -0.2) is 54.3 Å². The summed E-state index contributed by atoms with van der Waals surface area (Å²) in [4.78, 5) is 16.1. The first-order chi connectivity index (χ1) is 20.8. The molecule has 1 aliphatic rings. The number of aryl methyl sites for hydroxylation is 1. The van der Waals surface area contributed by atoms with Crippen molar-refractivity contribution in [3.8, 4) is 11.8 Å². The number of hydrogen-bond donors (Lipinski definition) is 3. The van der Waals surface area contributed by atoms with E-state index in [1.807, 2.05) is 12.1 Å². The molecule has 228 valence electrons. The van der Waals surface area contributed by atoms with E-state index >= 15 is 0 Å². The number of carbonyl (C=O) groups excluding carboxylic acids is 1.